The quantitative estimate of drug-likeness (QED) is 0.438. The minimum Gasteiger partial charge on any atom is -0.493 e. The van der Waals surface area contributed by atoms with Gasteiger partial charge in [-0.25, -0.2) is 4.68 Å². The predicted octanol–water partition coefficient (Wildman–Crippen LogP) is 3.40. The van der Waals surface area contributed by atoms with Gasteiger partial charge in [0.25, 0.3) is 5.56 Å². The number of piperidine rings is 1. The molecule has 0 saturated carbocycles. The van der Waals surface area contributed by atoms with Crippen LogP contribution in [-0.4, -0.2) is 57.4 Å². The first-order valence-corrected chi connectivity index (χ1v) is 11.9. The first kappa shape index (κ1) is 23.0. The molecule has 2 unspecified atom stereocenters. The van der Waals surface area contributed by atoms with Crippen LogP contribution >= 0.6 is 0 Å². The molecule has 0 bridgehead atoms. The molecule has 9 nitrogen and oxygen atoms in total. The minimum absolute atomic E-state index is 0.165. The number of tetrazole rings is 1. The maximum atomic E-state index is 13.5. The molecule has 1 fully saturated rings. The summed E-state index contributed by atoms with van der Waals surface area (Å²) in [5.41, 5.74) is 2.23. The van der Waals surface area contributed by atoms with Crippen molar-refractivity contribution in [1.82, 2.24) is 30.1 Å². The van der Waals surface area contributed by atoms with E-state index in [2.05, 4.69) is 32.3 Å². The Morgan fingerprint density at radius 2 is 1.89 bits per heavy atom. The van der Waals surface area contributed by atoms with Crippen LogP contribution in [0.1, 0.15) is 42.8 Å². The number of benzene rings is 2. The molecular weight excluding hydrogens is 444 g/mol. The molecule has 2 aromatic heterocycles. The fourth-order valence-corrected chi connectivity index (χ4v) is 4.99. The van der Waals surface area contributed by atoms with E-state index in [1.54, 1.807) is 25.0 Å². The van der Waals surface area contributed by atoms with Crippen molar-refractivity contribution >= 4 is 10.9 Å². The molecule has 5 rings (SSSR count). The SMILES string of the molecule is COc1cc2cc(C(c3nnnn3Cc3ccccc3)N3CCCC(C)C3)c(=O)[nH]c2cc1OC. The van der Waals surface area contributed by atoms with Gasteiger partial charge in [0.1, 0.15) is 6.04 Å². The molecule has 0 aliphatic carbocycles. The number of rotatable bonds is 7. The zero-order chi connectivity index (χ0) is 24.4. The van der Waals surface area contributed by atoms with E-state index in [-0.39, 0.29) is 11.6 Å². The second-order valence-electron chi connectivity index (χ2n) is 9.17. The number of methoxy groups -OCH3 is 2. The van der Waals surface area contributed by atoms with Gasteiger partial charge in [-0.15, -0.1) is 5.10 Å². The Hall–Kier alpha value is -3.72. The lowest BCUT2D eigenvalue weighted by Gasteiger charge is -2.36. The zero-order valence-electron chi connectivity index (χ0n) is 20.3. The summed E-state index contributed by atoms with van der Waals surface area (Å²) in [5.74, 6) is 2.36. The fraction of sp³-hybridized carbons (Fsp3) is 0.385. The van der Waals surface area contributed by atoms with Gasteiger partial charge in [-0.2, -0.15) is 0 Å². The Balaban J connectivity index is 1.64. The van der Waals surface area contributed by atoms with E-state index < -0.39 is 0 Å². The van der Waals surface area contributed by atoms with Crippen LogP contribution in [0.4, 0.5) is 0 Å². The number of aromatic nitrogens is 5. The normalized spacial score (nSPS) is 17.4. The maximum Gasteiger partial charge on any atom is 0.253 e. The van der Waals surface area contributed by atoms with Gasteiger partial charge in [0.2, 0.25) is 0 Å². The Labute approximate surface area is 203 Å². The molecular formula is C26H30N6O3. The monoisotopic (exact) mass is 474 g/mol. The van der Waals surface area contributed by atoms with E-state index in [9.17, 15) is 4.79 Å². The van der Waals surface area contributed by atoms with Crippen LogP contribution in [0.3, 0.4) is 0 Å². The molecule has 1 N–H and O–H groups in total. The van der Waals surface area contributed by atoms with Gasteiger partial charge in [0, 0.05) is 23.6 Å². The van der Waals surface area contributed by atoms with Crippen molar-refractivity contribution in [3.05, 3.63) is 75.8 Å². The van der Waals surface area contributed by atoms with Crippen LogP contribution in [0.15, 0.2) is 53.3 Å². The van der Waals surface area contributed by atoms with Crippen molar-refractivity contribution in [1.29, 1.82) is 0 Å². The standard InChI is InChI=1S/C26H30N6O3/c1-17-8-7-11-31(15-17)24(25-28-29-30-32(25)16-18-9-5-4-6-10-18)20-12-19-13-22(34-2)23(35-3)14-21(19)27-26(20)33/h4-6,9-10,12-14,17,24H,7-8,11,15-16H2,1-3H3,(H,27,33). The van der Waals surface area contributed by atoms with Crippen molar-refractivity contribution < 1.29 is 9.47 Å². The van der Waals surface area contributed by atoms with E-state index in [0.29, 0.717) is 40.9 Å². The third-order valence-electron chi connectivity index (χ3n) is 6.70. The highest BCUT2D eigenvalue weighted by atomic mass is 16.5. The molecule has 0 radical (unpaired) electrons. The number of nitrogens with one attached hydrogen (secondary N) is 1. The molecule has 3 heterocycles. The highest BCUT2D eigenvalue weighted by molar-refractivity contribution is 5.83. The second kappa shape index (κ2) is 9.87. The highest BCUT2D eigenvalue weighted by Gasteiger charge is 2.33. The lowest BCUT2D eigenvalue weighted by Crippen LogP contribution is -2.41. The topological polar surface area (TPSA) is 98.2 Å². The van der Waals surface area contributed by atoms with Crippen molar-refractivity contribution in [3.63, 3.8) is 0 Å². The van der Waals surface area contributed by atoms with Crippen LogP contribution in [0.2, 0.25) is 0 Å². The van der Waals surface area contributed by atoms with Crippen molar-refractivity contribution in [2.75, 3.05) is 27.3 Å². The summed E-state index contributed by atoms with van der Waals surface area (Å²) in [6.45, 7) is 4.51. The molecule has 4 aromatic rings. The smallest absolute Gasteiger partial charge is 0.253 e. The van der Waals surface area contributed by atoms with Crippen LogP contribution in [0.5, 0.6) is 11.5 Å². The Bertz CT molecular complexity index is 1370. The van der Waals surface area contributed by atoms with Gasteiger partial charge in [-0.05, 0) is 53.4 Å². The number of ether oxygens (including phenoxy) is 2. The summed E-state index contributed by atoms with van der Waals surface area (Å²) in [6.07, 6.45) is 2.23. The van der Waals surface area contributed by atoms with Crippen molar-refractivity contribution in [3.8, 4) is 11.5 Å². The molecule has 2 aromatic carbocycles. The number of hydrogen-bond acceptors (Lipinski definition) is 7. The van der Waals surface area contributed by atoms with Crippen LogP contribution < -0.4 is 15.0 Å². The lowest BCUT2D eigenvalue weighted by atomic mass is 9.95. The van der Waals surface area contributed by atoms with Gasteiger partial charge in [-0.1, -0.05) is 37.3 Å². The van der Waals surface area contributed by atoms with Gasteiger partial charge in [0.05, 0.1) is 26.3 Å². The molecule has 0 amide bonds. The number of nitrogens with zero attached hydrogens (tertiary/aromatic N) is 5. The summed E-state index contributed by atoms with van der Waals surface area (Å²) in [7, 11) is 3.18. The molecule has 1 aliphatic rings. The van der Waals surface area contributed by atoms with Crippen LogP contribution in [-0.2, 0) is 6.54 Å². The first-order valence-electron chi connectivity index (χ1n) is 11.9. The molecule has 35 heavy (non-hydrogen) atoms. The molecule has 182 valence electrons. The van der Waals surface area contributed by atoms with E-state index in [1.807, 2.05) is 42.5 Å². The van der Waals surface area contributed by atoms with E-state index in [1.165, 1.54) is 6.42 Å². The van der Waals surface area contributed by atoms with Crippen molar-refractivity contribution in [2.24, 2.45) is 5.92 Å². The van der Waals surface area contributed by atoms with E-state index in [4.69, 9.17) is 9.47 Å². The molecule has 1 aliphatic heterocycles. The zero-order valence-corrected chi connectivity index (χ0v) is 20.3. The summed E-state index contributed by atoms with van der Waals surface area (Å²) in [6, 6.07) is 15.3. The number of hydrogen-bond donors (Lipinski definition) is 1. The summed E-state index contributed by atoms with van der Waals surface area (Å²) in [5, 5.41) is 13.6. The third kappa shape index (κ3) is 4.64. The van der Waals surface area contributed by atoms with Gasteiger partial charge >= 0.3 is 0 Å². The fourth-order valence-electron chi connectivity index (χ4n) is 4.99. The van der Waals surface area contributed by atoms with Gasteiger partial charge in [0.15, 0.2) is 17.3 Å². The molecule has 9 heteroatoms. The van der Waals surface area contributed by atoms with Gasteiger partial charge in [-0.3, -0.25) is 9.69 Å². The Morgan fingerprint density at radius 3 is 2.63 bits per heavy atom. The predicted molar refractivity (Wildman–Crippen MR) is 133 cm³/mol. The maximum absolute atomic E-state index is 13.5. The Morgan fingerprint density at radius 1 is 1.11 bits per heavy atom. The number of pyridine rings is 1. The number of H-pyrrole nitrogens is 1. The van der Waals surface area contributed by atoms with E-state index >= 15 is 0 Å². The van der Waals surface area contributed by atoms with Crippen LogP contribution in [0.25, 0.3) is 10.9 Å². The minimum atomic E-state index is -0.377. The summed E-state index contributed by atoms with van der Waals surface area (Å²) < 4.78 is 12.7. The summed E-state index contributed by atoms with van der Waals surface area (Å²) in [4.78, 5) is 18.9. The molecule has 2 atom stereocenters. The van der Waals surface area contributed by atoms with Crippen LogP contribution in [0, 0.1) is 5.92 Å². The second-order valence-corrected chi connectivity index (χ2v) is 9.17. The highest BCUT2D eigenvalue weighted by Crippen LogP contribution is 2.34. The lowest BCUT2D eigenvalue weighted by molar-refractivity contribution is 0.141. The Kier molecular flexibility index (Phi) is 6.50. The number of aromatic amines is 1. The summed E-state index contributed by atoms with van der Waals surface area (Å²) >= 11 is 0. The third-order valence-corrected chi connectivity index (χ3v) is 6.70. The number of fused-ring (bicyclic) bond motifs is 1. The largest absolute Gasteiger partial charge is 0.493 e. The first-order chi connectivity index (χ1) is 17.1. The molecule has 0 spiro atoms. The average molecular weight is 475 g/mol. The molecule has 1 saturated heterocycles. The van der Waals surface area contributed by atoms with Gasteiger partial charge < -0.3 is 14.5 Å². The van der Waals surface area contributed by atoms with E-state index in [0.717, 1.165) is 30.5 Å². The van der Waals surface area contributed by atoms with Crippen molar-refractivity contribution in [2.45, 2.75) is 32.4 Å². The average Bonchev–Trinajstić information content (AvgIpc) is 3.32. The number of likely N-dealkylation sites (tertiary alicyclic amines) is 1.